The molecule has 0 aliphatic carbocycles. The minimum absolute atomic E-state index is 0.254. The number of rotatable bonds is 3. The summed E-state index contributed by atoms with van der Waals surface area (Å²) in [6.07, 6.45) is 0. The molecular formula is C17H11ClO3. The van der Waals surface area contributed by atoms with Crippen LogP contribution in [0, 0.1) is 0 Å². The monoisotopic (exact) mass is 298 g/mol. The van der Waals surface area contributed by atoms with Crippen LogP contribution in [-0.2, 0) is 0 Å². The van der Waals surface area contributed by atoms with Crippen LogP contribution in [0.1, 0.15) is 10.4 Å². The van der Waals surface area contributed by atoms with Crippen molar-refractivity contribution in [3.05, 3.63) is 71.2 Å². The van der Waals surface area contributed by atoms with E-state index in [0.29, 0.717) is 21.9 Å². The molecular weight excluding hydrogens is 288 g/mol. The minimum Gasteiger partial charge on any atom is -0.478 e. The predicted molar refractivity (Wildman–Crippen MR) is 82.4 cm³/mol. The Morgan fingerprint density at radius 1 is 0.952 bits per heavy atom. The molecule has 0 fully saturated rings. The molecule has 3 aromatic rings. The molecule has 0 aliphatic rings. The van der Waals surface area contributed by atoms with E-state index in [9.17, 15) is 9.90 Å². The highest BCUT2D eigenvalue weighted by atomic mass is 35.5. The van der Waals surface area contributed by atoms with Gasteiger partial charge in [-0.05, 0) is 35.7 Å². The quantitative estimate of drug-likeness (QED) is 0.741. The van der Waals surface area contributed by atoms with Crippen LogP contribution in [0.2, 0.25) is 5.02 Å². The molecule has 0 atom stereocenters. The summed E-state index contributed by atoms with van der Waals surface area (Å²) < 4.78 is 5.83. The van der Waals surface area contributed by atoms with E-state index in [2.05, 4.69) is 0 Å². The third-order valence-electron chi connectivity index (χ3n) is 3.14. The summed E-state index contributed by atoms with van der Waals surface area (Å²) in [5.74, 6) is 0.245. The number of hydrogen-bond acceptors (Lipinski definition) is 2. The summed E-state index contributed by atoms with van der Waals surface area (Å²) in [4.78, 5) is 11.3. The van der Waals surface area contributed by atoms with Crippen molar-refractivity contribution in [1.82, 2.24) is 0 Å². The molecule has 0 aliphatic heterocycles. The molecule has 0 spiro atoms. The van der Waals surface area contributed by atoms with Gasteiger partial charge in [-0.2, -0.15) is 0 Å². The fraction of sp³-hybridized carbons (Fsp3) is 0. The second kappa shape index (κ2) is 5.46. The lowest BCUT2D eigenvalue weighted by Crippen LogP contribution is -1.98. The average Bonchev–Trinajstić information content (AvgIpc) is 2.47. The Kier molecular flexibility index (Phi) is 3.50. The Bertz CT molecular complexity index is 827. The lowest BCUT2D eigenvalue weighted by molar-refractivity contribution is 0.0699. The van der Waals surface area contributed by atoms with E-state index in [1.54, 1.807) is 48.5 Å². The van der Waals surface area contributed by atoms with Gasteiger partial charge in [-0.25, -0.2) is 4.79 Å². The first kappa shape index (κ1) is 13.5. The highest BCUT2D eigenvalue weighted by Crippen LogP contribution is 2.32. The van der Waals surface area contributed by atoms with E-state index in [1.807, 2.05) is 12.1 Å². The zero-order chi connectivity index (χ0) is 14.8. The molecule has 0 unspecified atom stereocenters. The van der Waals surface area contributed by atoms with Crippen LogP contribution in [0.3, 0.4) is 0 Å². The molecule has 0 radical (unpaired) electrons. The summed E-state index contributed by atoms with van der Waals surface area (Å²) in [6, 6.07) is 17.5. The van der Waals surface area contributed by atoms with E-state index >= 15 is 0 Å². The number of benzene rings is 3. The van der Waals surface area contributed by atoms with Crippen molar-refractivity contribution in [3.63, 3.8) is 0 Å². The number of fused-ring (bicyclic) bond motifs is 1. The van der Waals surface area contributed by atoms with Crippen molar-refractivity contribution in [3.8, 4) is 11.5 Å². The Morgan fingerprint density at radius 3 is 2.43 bits per heavy atom. The normalized spacial score (nSPS) is 10.5. The van der Waals surface area contributed by atoms with Crippen LogP contribution in [0.4, 0.5) is 0 Å². The molecule has 0 amide bonds. The maximum absolute atomic E-state index is 11.3. The van der Waals surface area contributed by atoms with E-state index in [4.69, 9.17) is 16.3 Å². The van der Waals surface area contributed by atoms with Crippen molar-refractivity contribution in [2.75, 3.05) is 0 Å². The number of carboxylic acid groups (broad SMARTS) is 1. The molecule has 0 heterocycles. The second-order valence-corrected chi connectivity index (χ2v) is 4.96. The van der Waals surface area contributed by atoms with E-state index in [0.717, 1.165) is 5.39 Å². The number of halogens is 1. The number of carbonyl (C=O) groups is 1. The summed E-state index contributed by atoms with van der Waals surface area (Å²) >= 11 is 5.94. The van der Waals surface area contributed by atoms with Crippen LogP contribution in [0.5, 0.6) is 11.5 Å². The molecule has 1 N–H and O–H groups in total. The fourth-order valence-corrected chi connectivity index (χ4v) is 2.38. The highest BCUT2D eigenvalue weighted by molar-refractivity contribution is 6.30. The highest BCUT2D eigenvalue weighted by Gasteiger charge is 2.12. The number of carboxylic acids is 1. The topological polar surface area (TPSA) is 46.5 Å². The van der Waals surface area contributed by atoms with Gasteiger partial charge in [-0.1, -0.05) is 41.9 Å². The smallest absolute Gasteiger partial charge is 0.336 e. The average molecular weight is 299 g/mol. The van der Waals surface area contributed by atoms with Gasteiger partial charge in [0, 0.05) is 10.4 Å². The molecule has 0 saturated carbocycles. The molecule has 4 heteroatoms. The lowest BCUT2D eigenvalue weighted by Gasteiger charge is -2.11. The van der Waals surface area contributed by atoms with Gasteiger partial charge in [0.15, 0.2) is 0 Å². The molecule has 21 heavy (non-hydrogen) atoms. The van der Waals surface area contributed by atoms with Crippen molar-refractivity contribution in [2.24, 2.45) is 0 Å². The van der Waals surface area contributed by atoms with Crippen molar-refractivity contribution < 1.29 is 14.6 Å². The molecule has 0 aromatic heterocycles. The summed E-state index contributed by atoms with van der Waals surface area (Å²) in [5, 5.41) is 11.2. The van der Waals surface area contributed by atoms with Crippen molar-refractivity contribution in [1.29, 1.82) is 0 Å². The first-order valence-corrected chi connectivity index (χ1v) is 6.71. The minimum atomic E-state index is -0.958. The second-order valence-electron chi connectivity index (χ2n) is 4.52. The first-order chi connectivity index (χ1) is 10.1. The van der Waals surface area contributed by atoms with Gasteiger partial charge >= 0.3 is 5.97 Å². The van der Waals surface area contributed by atoms with Crippen LogP contribution in [0.15, 0.2) is 60.7 Å². The Balaban J connectivity index is 2.12. The summed E-state index contributed by atoms with van der Waals surface area (Å²) in [6.45, 7) is 0. The molecule has 0 bridgehead atoms. The lowest BCUT2D eigenvalue weighted by atomic mass is 10.0. The Hall–Kier alpha value is -2.52. The van der Waals surface area contributed by atoms with Crippen LogP contribution >= 0.6 is 11.6 Å². The summed E-state index contributed by atoms with van der Waals surface area (Å²) in [7, 11) is 0. The molecule has 0 saturated heterocycles. The van der Waals surface area contributed by atoms with Crippen LogP contribution < -0.4 is 4.74 Å². The summed E-state index contributed by atoms with van der Waals surface area (Å²) in [5.41, 5.74) is 0.254. The zero-order valence-corrected chi connectivity index (χ0v) is 11.7. The van der Waals surface area contributed by atoms with Gasteiger partial charge in [-0.15, -0.1) is 0 Å². The maximum Gasteiger partial charge on any atom is 0.336 e. The van der Waals surface area contributed by atoms with Crippen LogP contribution in [0.25, 0.3) is 10.8 Å². The first-order valence-electron chi connectivity index (χ1n) is 6.33. The van der Waals surface area contributed by atoms with Gasteiger partial charge in [0.25, 0.3) is 0 Å². The number of hydrogen-bond donors (Lipinski definition) is 1. The van der Waals surface area contributed by atoms with Crippen molar-refractivity contribution in [2.45, 2.75) is 0 Å². The molecule has 3 rings (SSSR count). The third-order valence-corrected chi connectivity index (χ3v) is 3.37. The molecule has 104 valence electrons. The Morgan fingerprint density at radius 2 is 1.71 bits per heavy atom. The standard InChI is InChI=1S/C17H11ClO3/c18-11-4-3-5-12(10-11)21-16-9-8-15(17(19)20)13-6-1-2-7-14(13)16/h1-10H,(H,19,20). The van der Waals surface area contributed by atoms with Gasteiger partial charge < -0.3 is 9.84 Å². The number of ether oxygens (including phenoxy) is 1. The maximum atomic E-state index is 11.3. The zero-order valence-electron chi connectivity index (χ0n) is 10.9. The van der Waals surface area contributed by atoms with E-state index in [-0.39, 0.29) is 5.56 Å². The number of aromatic carboxylic acids is 1. The third kappa shape index (κ3) is 2.69. The SMILES string of the molecule is O=C(O)c1ccc(Oc2cccc(Cl)c2)c2ccccc12. The van der Waals surface area contributed by atoms with Gasteiger partial charge in [0.2, 0.25) is 0 Å². The van der Waals surface area contributed by atoms with E-state index < -0.39 is 5.97 Å². The fourth-order valence-electron chi connectivity index (χ4n) is 2.20. The van der Waals surface area contributed by atoms with Gasteiger partial charge in [0.1, 0.15) is 11.5 Å². The predicted octanol–water partition coefficient (Wildman–Crippen LogP) is 4.98. The largest absolute Gasteiger partial charge is 0.478 e. The van der Waals surface area contributed by atoms with Crippen molar-refractivity contribution >= 4 is 28.3 Å². The van der Waals surface area contributed by atoms with Gasteiger partial charge in [0.05, 0.1) is 5.56 Å². The molecule has 3 aromatic carbocycles. The van der Waals surface area contributed by atoms with E-state index in [1.165, 1.54) is 0 Å². The Labute approximate surface area is 126 Å². The van der Waals surface area contributed by atoms with Crippen LogP contribution in [-0.4, -0.2) is 11.1 Å². The molecule has 3 nitrogen and oxygen atoms in total. The van der Waals surface area contributed by atoms with Gasteiger partial charge in [-0.3, -0.25) is 0 Å².